The molecule has 25 heavy (non-hydrogen) atoms. The summed E-state index contributed by atoms with van der Waals surface area (Å²) in [6, 6.07) is 7.03. The Labute approximate surface area is 147 Å². The third kappa shape index (κ3) is 3.22. The molecular weight excluding hydrogens is 321 g/mol. The number of nitrogens with zero attached hydrogens (tertiary/aromatic N) is 2. The molecule has 3 aliphatic rings. The van der Waals surface area contributed by atoms with Crippen molar-refractivity contribution in [2.75, 3.05) is 26.2 Å². The lowest BCUT2D eigenvalue weighted by Gasteiger charge is -2.49. The highest BCUT2D eigenvalue weighted by Gasteiger charge is 2.50. The standard InChI is InChI=1S/C19H24FN3O2/c20-16-4-2-1-3-15(16)11-14-6-9-22(10-7-14)18(25)23-12-19(13-23)8-5-17(24)21-19/h1-4,14H,5-13H2,(H,21,24). The average Bonchev–Trinajstić information content (AvgIpc) is 2.98. The first kappa shape index (κ1) is 16.4. The molecule has 3 aliphatic heterocycles. The maximum atomic E-state index is 13.8. The molecule has 3 heterocycles. The van der Waals surface area contributed by atoms with Crippen molar-refractivity contribution in [3.05, 3.63) is 35.6 Å². The lowest BCUT2D eigenvalue weighted by Crippen LogP contribution is -2.70. The van der Waals surface area contributed by atoms with Gasteiger partial charge in [0.25, 0.3) is 0 Å². The summed E-state index contributed by atoms with van der Waals surface area (Å²) >= 11 is 0. The minimum atomic E-state index is -0.157. The zero-order valence-corrected chi connectivity index (χ0v) is 14.3. The highest BCUT2D eigenvalue weighted by molar-refractivity contribution is 5.82. The van der Waals surface area contributed by atoms with E-state index in [1.165, 1.54) is 6.07 Å². The molecule has 0 unspecified atom stereocenters. The van der Waals surface area contributed by atoms with Gasteiger partial charge < -0.3 is 15.1 Å². The number of urea groups is 1. The maximum Gasteiger partial charge on any atom is 0.320 e. The van der Waals surface area contributed by atoms with Crippen molar-refractivity contribution < 1.29 is 14.0 Å². The Morgan fingerprint density at radius 3 is 2.56 bits per heavy atom. The van der Waals surface area contributed by atoms with Gasteiger partial charge in [-0.25, -0.2) is 9.18 Å². The number of halogens is 1. The molecule has 134 valence electrons. The third-order valence-electron chi connectivity index (χ3n) is 5.84. The van der Waals surface area contributed by atoms with Crippen molar-refractivity contribution in [3.63, 3.8) is 0 Å². The van der Waals surface area contributed by atoms with E-state index in [2.05, 4.69) is 5.32 Å². The molecule has 0 atom stereocenters. The van der Waals surface area contributed by atoms with Crippen molar-refractivity contribution in [2.24, 2.45) is 5.92 Å². The quantitative estimate of drug-likeness (QED) is 0.893. The summed E-state index contributed by atoms with van der Waals surface area (Å²) in [6.07, 6.45) is 3.98. The Morgan fingerprint density at radius 1 is 1.20 bits per heavy atom. The second-order valence-corrected chi connectivity index (χ2v) is 7.69. The summed E-state index contributed by atoms with van der Waals surface area (Å²) in [5.41, 5.74) is 0.615. The maximum absolute atomic E-state index is 13.8. The van der Waals surface area contributed by atoms with Crippen LogP contribution in [0.15, 0.2) is 24.3 Å². The Hall–Kier alpha value is -2.11. The van der Waals surface area contributed by atoms with E-state index in [1.807, 2.05) is 21.9 Å². The molecule has 0 bridgehead atoms. The fourth-order valence-electron chi connectivity index (χ4n) is 4.33. The van der Waals surface area contributed by atoms with Gasteiger partial charge in [-0.2, -0.15) is 0 Å². The van der Waals surface area contributed by atoms with Crippen LogP contribution in [0.25, 0.3) is 0 Å². The third-order valence-corrected chi connectivity index (χ3v) is 5.84. The van der Waals surface area contributed by atoms with Crippen molar-refractivity contribution >= 4 is 11.9 Å². The van der Waals surface area contributed by atoms with Gasteiger partial charge in [0.15, 0.2) is 0 Å². The molecule has 0 aromatic heterocycles. The molecule has 3 saturated heterocycles. The Kier molecular flexibility index (Phi) is 4.13. The predicted octanol–water partition coefficient (Wildman–Crippen LogP) is 2.16. The van der Waals surface area contributed by atoms with Crippen LogP contribution in [0.3, 0.4) is 0 Å². The van der Waals surface area contributed by atoms with E-state index < -0.39 is 0 Å². The van der Waals surface area contributed by atoms with Crippen molar-refractivity contribution in [1.29, 1.82) is 0 Å². The van der Waals surface area contributed by atoms with Crippen LogP contribution in [0.4, 0.5) is 9.18 Å². The normalized spacial score (nSPS) is 22.8. The van der Waals surface area contributed by atoms with Crippen LogP contribution in [0.1, 0.15) is 31.2 Å². The van der Waals surface area contributed by atoms with E-state index in [-0.39, 0.29) is 23.3 Å². The Morgan fingerprint density at radius 2 is 1.92 bits per heavy atom. The zero-order valence-electron chi connectivity index (χ0n) is 14.3. The van der Waals surface area contributed by atoms with Gasteiger partial charge in [-0.05, 0) is 43.2 Å². The van der Waals surface area contributed by atoms with Crippen molar-refractivity contribution in [1.82, 2.24) is 15.1 Å². The molecule has 3 amide bonds. The van der Waals surface area contributed by atoms with Crippen molar-refractivity contribution in [3.8, 4) is 0 Å². The number of benzene rings is 1. The second-order valence-electron chi connectivity index (χ2n) is 7.69. The van der Waals surface area contributed by atoms with Gasteiger partial charge >= 0.3 is 6.03 Å². The van der Waals surface area contributed by atoms with Gasteiger partial charge in [-0.15, -0.1) is 0 Å². The molecule has 0 radical (unpaired) electrons. The molecule has 1 aromatic rings. The van der Waals surface area contributed by atoms with E-state index in [1.54, 1.807) is 6.07 Å². The molecule has 4 rings (SSSR count). The molecule has 1 spiro atoms. The topological polar surface area (TPSA) is 52.7 Å². The van der Waals surface area contributed by atoms with E-state index >= 15 is 0 Å². The van der Waals surface area contributed by atoms with E-state index in [9.17, 15) is 14.0 Å². The lowest BCUT2D eigenvalue weighted by atomic mass is 9.88. The molecule has 5 nitrogen and oxygen atoms in total. The van der Waals surface area contributed by atoms with Gasteiger partial charge in [0.1, 0.15) is 5.82 Å². The molecule has 1 aromatic carbocycles. The summed E-state index contributed by atoms with van der Waals surface area (Å²) in [7, 11) is 0. The number of carbonyl (C=O) groups excluding carboxylic acids is 2. The number of likely N-dealkylation sites (tertiary alicyclic amines) is 2. The van der Waals surface area contributed by atoms with Crippen LogP contribution < -0.4 is 5.32 Å². The average molecular weight is 345 g/mol. The first-order valence-electron chi connectivity index (χ1n) is 9.13. The molecule has 6 heteroatoms. The number of amides is 3. The fourth-order valence-corrected chi connectivity index (χ4v) is 4.33. The van der Waals surface area contributed by atoms with Crippen LogP contribution in [0, 0.1) is 11.7 Å². The number of hydrogen-bond donors (Lipinski definition) is 1. The number of hydrogen-bond acceptors (Lipinski definition) is 2. The Bertz CT molecular complexity index is 679. The summed E-state index contributed by atoms with van der Waals surface area (Å²) < 4.78 is 13.8. The van der Waals surface area contributed by atoms with Gasteiger partial charge in [-0.1, -0.05) is 18.2 Å². The molecule has 0 aliphatic carbocycles. The first-order chi connectivity index (χ1) is 12.0. The number of rotatable bonds is 2. The van der Waals surface area contributed by atoms with Crippen LogP contribution in [0.5, 0.6) is 0 Å². The minimum Gasteiger partial charge on any atom is -0.347 e. The highest BCUT2D eigenvalue weighted by Crippen LogP contribution is 2.32. The summed E-state index contributed by atoms with van der Waals surface area (Å²) in [5, 5.41) is 3.01. The van der Waals surface area contributed by atoms with Gasteiger partial charge in [-0.3, -0.25) is 4.79 Å². The molecule has 3 fully saturated rings. The Balaban J connectivity index is 1.26. The minimum absolute atomic E-state index is 0.0797. The highest BCUT2D eigenvalue weighted by atomic mass is 19.1. The number of carbonyl (C=O) groups is 2. The first-order valence-corrected chi connectivity index (χ1v) is 9.13. The number of piperidine rings is 1. The second kappa shape index (κ2) is 6.32. The smallest absolute Gasteiger partial charge is 0.320 e. The van der Waals surface area contributed by atoms with Gasteiger partial charge in [0.2, 0.25) is 5.91 Å². The largest absolute Gasteiger partial charge is 0.347 e. The predicted molar refractivity (Wildman–Crippen MR) is 91.5 cm³/mol. The SMILES string of the molecule is O=C1CCC2(CN(C(=O)N3CCC(Cc4ccccc4F)CC3)C2)N1. The summed E-state index contributed by atoms with van der Waals surface area (Å²) in [6.45, 7) is 2.72. The van der Waals surface area contributed by atoms with Crippen LogP contribution in [-0.2, 0) is 11.2 Å². The van der Waals surface area contributed by atoms with Crippen LogP contribution >= 0.6 is 0 Å². The van der Waals surface area contributed by atoms with E-state index in [0.717, 1.165) is 44.3 Å². The fraction of sp³-hybridized carbons (Fsp3) is 0.579. The molecule has 1 N–H and O–H groups in total. The van der Waals surface area contributed by atoms with Crippen LogP contribution in [-0.4, -0.2) is 53.5 Å². The monoisotopic (exact) mass is 345 g/mol. The van der Waals surface area contributed by atoms with Gasteiger partial charge in [0, 0.05) is 32.6 Å². The molecular formula is C19H24FN3O2. The molecule has 0 saturated carbocycles. The van der Waals surface area contributed by atoms with E-state index in [4.69, 9.17) is 0 Å². The number of nitrogens with one attached hydrogen (secondary N) is 1. The van der Waals surface area contributed by atoms with E-state index in [0.29, 0.717) is 25.4 Å². The summed E-state index contributed by atoms with van der Waals surface area (Å²) in [5.74, 6) is 0.393. The van der Waals surface area contributed by atoms with Crippen molar-refractivity contribution in [2.45, 2.75) is 37.6 Å². The summed E-state index contributed by atoms with van der Waals surface area (Å²) in [4.78, 5) is 27.7. The van der Waals surface area contributed by atoms with Crippen LogP contribution in [0.2, 0.25) is 0 Å². The van der Waals surface area contributed by atoms with Gasteiger partial charge in [0.05, 0.1) is 5.54 Å². The zero-order chi connectivity index (χ0) is 17.4. The lowest BCUT2D eigenvalue weighted by molar-refractivity contribution is -0.120.